The van der Waals surface area contributed by atoms with Crippen LogP contribution < -0.4 is 10.2 Å². The third-order valence-electron chi connectivity index (χ3n) is 6.35. The van der Waals surface area contributed by atoms with Gasteiger partial charge in [-0.3, -0.25) is 9.59 Å². The van der Waals surface area contributed by atoms with Gasteiger partial charge in [-0.2, -0.15) is 17.5 Å². The van der Waals surface area contributed by atoms with E-state index in [4.69, 9.17) is 20.8 Å². The number of benzene rings is 2. The van der Waals surface area contributed by atoms with Crippen LogP contribution in [0, 0.1) is 0 Å². The van der Waals surface area contributed by atoms with Crippen molar-refractivity contribution >= 4 is 38.6 Å². The molecule has 1 aliphatic carbocycles. The van der Waals surface area contributed by atoms with Crippen molar-refractivity contribution in [3.05, 3.63) is 63.3 Å². The van der Waals surface area contributed by atoms with Crippen molar-refractivity contribution < 1.29 is 40.6 Å². The summed E-state index contributed by atoms with van der Waals surface area (Å²) in [6.07, 6.45) is -5.24. The minimum Gasteiger partial charge on any atom is -0.488 e. The number of carboxylic acid groups (broad SMARTS) is 1. The number of carbonyl (C=O) groups is 1. The standard InChI is InChI=1S/C24H19ClF3NO7S/c25-17-3-1-2-15-19(30)10-21(36-22(15)17)16-7-4-12(24(26,27)28)8-20(16)35-13-9-18(23(31)32)29(11-13)37(33,34)14-5-6-14/h1-4,7-8,10,13-14,18H,5-6,9,11H2,(H,31,32)/t13-,18+/m1/s1. The maximum Gasteiger partial charge on any atom is 0.416 e. The van der Waals surface area contributed by atoms with Gasteiger partial charge in [0, 0.05) is 12.5 Å². The number of nitrogens with zero attached hydrogens (tertiary/aromatic N) is 1. The van der Waals surface area contributed by atoms with E-state index in [-0.39, 0.29) is 46.0 Å². The number of sulfonamides is 1. The molecule has 5 rings (SSSR count). The number of rotatable bonds is 6. The first kappa shape index (κ1) is 25.6. The zero-order chi connectivity index (χ0) is 26.7. The van der Waals surface area contributed by atoms with Gasteiger partial charge in [-0.05, 0) is 43.2 Å². The number of aliphatic carboxylic acids is 1. The molecule has 13 heteroatoms. The number of alkyl halides is 3. The predicted molar refractivity (Wildman–Crippen MR) is 127 cm³/mol. The second-order valence-corrected chi connectivity index (χ2v) is 11.5. The van der Waals surface area contributed by atoms with Gasteiger partial charge in [0.25, 0.3) is 0 Å². The fraction of sp³-hybridized carbons (Fsp3) is 0.333. The molecule has 1 saturated carbocycles. The van der Waals surface area contributed by atoms with Gasteiger partial charge in [0.2, 0.25) is 10.0 Å². The van der Waals surface area contributed by atoms with Crippen molar-refractivity contribution in [2.24, 2.45) is 0 Å². The summed E-state index contributed by atoms with van der Waals surface area (Å²) in [5, 5.41) is 9.22. The number of hydrogen-bond acceptors (Lipinski definition) is 6. The van der Waals surface area contributed by atoms with E-state index in [1.165, 1.54) is 12.1 Å². The van der Waals surface area contributed by atoms with Crippen LogP contribution in [0.3, 0.4) is 0 Å². The van der Waals surface area contributed by atoms with Crippen molar-refractivity contribution in [2.45, 2.75) is 42.8 Å². The highest BCUT2D eigenvalue weighted by Crippen LogP contribution is 2.40. The second-order valence-electron chi connectivity index (χ2n) is 8.94. The van der Waals surface area contributed by atoms with Gasteiger partial charge in [0.1, 0.15) is 23.7 Å². The molecule has 196 valence electrons. The Labute approximate surface area is 213 Å². The van der Waals surface area contributed by atoms with Gasteiger partial charge < -0.3 is 14.3 Å². The zero-order valence-corrected chi connectivity index (χ0v) is 20.4. The third kappa shape index (κ3) is 4.80. The van der Waals surface area contributed by atoms with Gasteiger partial charge in [-0.25, -0.2) is 8.42 Å². The number of para-hydroxylation sites is 1. The molecular formula is C24H19ClF3NO7S. The van der Waals surface area contributed by atoms with E-state index in [1.807, 2.05) is 0 Å². The maximum absolute atomic E-state index is 13.5. The van der Waals surface area contributed by atoms with Crippen LogP contribution in [0.4, 0.5) is 13.2 Å². The minimum absolute atomic E-state index is 0.0118. The molecule has 1 saturated heterocycles. The van der Waals surface area contributed by atoms with Crippen LogP contribution in [0.2, 0.25) is 5.02 Å². The predicted octanol–water partition coefficient (Wildman–Crippen LogP) is 4.53. The molecule has 1 aromatic heterocycles. The lowest BCUT2D eigenvalue weighted by molar-refractivity contribution is -0.140. The first-order valence-electron chi connectivity index (χ1n) is 11.2. The van der Waals surface area contributed by atoms with Crippen LogP contribution in [-0.4, -0.2) is 47.7 Å². The summed E-state index contributed by atoms with van der Waals surface area (Å²) in [5.41, 5.74) is -1.52. The Balaban J connectivity index is 1.57. The zero-order valence-electron chi connectivity index (χ0n) is 18.9. The van der Waals surface area contributed by atoms with E-state index in [9.17, 15) is 36.3 Å². The second kappa shape index (κ2) is 9.03. The van der Waals surface area contributed by atoms with E-state index < -0.39 is 50.6 Å². The van der Waals surface area contributed by atoms with Crippen molar-refractivity contribution in [3.8, 4) is 17.1 Å². The molecule has 0 bridgehead atoms. The minimum atomic E-state index is -4.73. The normalized spacial score (nSPS) is 20.9. The number of fused-ring (bicyclic) bond motifs is 1. The topological polar surface area (TPSA) is 114 Å². The maximum atomic E-state index is 13.5. The SMILES string of the molecule is O=C(O)[C@@H]1C[C@@H](Oc2cc(C(F)(F)F)ccc2-c2cc(=O)c3cccc(Cl)c3o2)CN1S(=O)(=O)C1CC1. The monoisotopic (exact) mass is 557 g/mol. The summed E-state index contributed by atoms with van der Waals surface area (Å²) in [5.74, 6) is -1.84. The smallest absolute Gasteiger partial charge is 0.416 e. The largest absolute Gasteiger partial charge is 0.488 e. The first-order chi connectivity index (χ1) is 17.4. The van der Waals surface area contributed by atoms with Gasteiger partial charge in [-0.1, -0.05) is 17.7 Å². The van der Waals surface area contributed by atoms with E-state index in [2.05, 4.69) is 0 Å². The molecule has 3 aromatic rings. The van der Waals surface area contributed by atoms with E-state index in [0.717, 1.165) is 22.5 Å². The molecule has 0 amide bonds. The Bertz CT molecular complexity index is 1570. The molecule has 37 heavy (non-hydrogen) atoms. The molecule has 1 aliphatic heterocycles. The molecule has 2 heterocycles. The average molecular weight is 558 g/mol. The molecule has 2 fully saturated rings. The van der Waals surface area contributed by atoms with Crippen molar-refractivity contribution in [2.75, 3.05) is 6.54 Å². The Kier molecular flexibility index (Phi) is 6.24. The van der Waals surface area contributed by atoms with Gasteiger partial charge >= 0.3 is 12.1 Å². The highest BCUT2D eigenvalue weighted by atomic mass is 35.5. The summed E-state index contributed by atoms with van der Waals surface area (Å²) in [4.78, 5) is 24.5. The van der Waals surface area contributed by atoms with Crippen LogP contribution in [0.5, 0.6) is 5.75 Å². The summed E-state index contributed by atoms with van der Waals surface area (Å²) >= 11 is 6.16. The Hall–Kier alpha value is -3.09. The average Bonchev–Trinajstić information content (AvgIpc) is 3.60. The molecule has 2 aromatic carbocycles. The molecule has 2 aliphatic rings. The number of carboxylic acids is 1. The van der Waals surface area contributed by atoms with Gasteiger partial charge in [0.05, 0.1) is 33.3 Å². The third-order valence-corrected chi connectivity index (χ3v) is 9.02. The molecule has 0 radical (unpaired) electrons. The van der Waals surface area contributed by atoms with Crippen LogP contribution in [0.15, 0.2) is 51.7 Å². The lowest BCUT2D eigenvalue weighted by Crippen LogP contribution is -2.42. The van der Waals surface area contributed by atoms with Crippen LogP contribution in [0.25, 0.3) is 22.3 Å². The van der Waals surface area contributed by atoms with E-state index in [0.29, 0.717) is 18.9 Å². The summed E-state index contributed by atoms with van der Waals surface area (Å²) in [7, 11) is -3.90. The van der Waals surface area contributed by atoms with Crippen LogP contribution in [0.1, 0.15) is 24.8 Å². The van der Waals surface area contributed by atoms with Gasteiger partial charge in [-0.15, -0.1) is 0 Å². The van der Waals surface area contributed by atoms with Crippen LogP contribution >= 0.6 is 11.6 Å². The van der Waals surface area contributed by atoms with E-state index in [1.54, 1.807) is 6.07 Å². The summed E-state index contributed by atoms with van der Waals surface area (Å²) in [6, 6.07) is 6.77. The van der Waals surface area contributed by atoms with Crippen molar-refractivity contribution in [3.63, 3.8) is 0 Å². The fourth-order valence-electron chi connectivity index (χ4n) is 4.37. The number of ether oxygens (including phenoxy) is 1. The van der Waals surface area contributed by atoms with Gasteiger partial charge in [0.15, 0.2) is 11.0 Å². The first-order valence-corrected chi connectivity index (χ1v) is 13.1. The molecule has 0 unspecified atom stereocenters. The quantitative estimate of drug-likeness (QED) is 0.473. The van der Waals surface area contributed by atoms with Crippen LogP contribution in [-0.2, 0) is 21.0 Å². The fourth-order valence-corrected chi connectivity index (χ4v) is 6.60. The summed E-state index contributed by atoms with van der Waals surface area (Å²) in [6.45, 7) is -0.348. The lowest BCUT2D eigenvalue weighted by Gasteiger charge is -2.21. The van der Waals surface area contributed by atoms with Crippen molar-refractivity contribution in [1.29, 1.82) is 0 Å². The highest BCUT2D eigenvalue weighted by Gasteiger charge is 2.50. The molecular weight excluding hydrogens is 539 g/mol. The molecule has 0 spiro atoms. The molecule has 8 nitrogen and oxygen atoms in total. The Morgan fingerprint density at radius 1 is 1.16 bits per heavy atom. The summed E-state index contributed by atoms with van der Waals surface area (Å²) < 4.78 is 78.5. The molecule has 2 atom stereocenters. The van der Waals surface area contributed by atoms with E-state index >= 15 is 0 Å². The molecule has 1 N–H and O–H groups in total. The Morgan fingerprint density at radius 2 is 1.89 bits per heavy atom. The number of halogens is 4. The van der Waals surface area contributed by atoms with Crippen molar-refractivity contribution in [1.82, 2.24) is 4.31 Å². The lowest BCUT2D eigenvalue weighted by atomic mass is 10.1. The number of hydrogen-bond donors (Lipinski definition) is 1. The highest BCUT2D eigenvalue weighted by molar-refractivity contribution is 7.90. The Morgan fingerprint density at radius 3 is 2.54 bits per heavy atom.